The Balaban J connectivity index is 2.21. The number of aliphatic hydroxyl groups excluding tert-OH is 1. The summed E-state index contributed by atoms with van der Waals surface area (Å²) in [7, 11) is 0. The second-order valence-corrected chi connectivity index (χ2v) is 6.93. The van der Waals surface area contributed by atoms with E-state index < -0.39 is 35.6 Å². The van der Waals surface area contributed by atoms with Gasteiger partial charge in [0.2, 0.25) is 0 Å². The molecule has 2 aromatic heterocycles. The Kier molecular flexibility index (Phi) is 6.24. The Hall–Kier alpha value is -2.45. The van der Waals surface area contributed by atoms with Crippen molar-refractivity contribution in [2.45, 2.75) is 6.18 Å². The van der Waals surface area contributed by atoms with Gasteiger partial charge in [0, 0.05) is 9.77 Å². The van der Waals surface area contributed by atoms with E-state index in [1.54, 1.807) is 6.07 Å². The molecule has 1 amide bonds. The number of nitrogens with zero attached hydrogens (tertiary/aromatic N) is 2. The Morgan fingerprint density at radius 1 is 1.31 bits per heavy atom. The fourth-order valence-electron chi connectivity index (χ4n) is 2.67. The van der Waals surface area contributed by atoms with Crippen molar-refractivity contribution in [3.8, 4) is 0 Å². The van der Waals surface area contributed by atoms with E-state index in [2.05, 4.69) is 15.1 Å². The third-order valence-corrected chi connectivity index (χ3v) is 4.47. The van der Waals surface area contributed by atoms with Crippen LogP contribution in [0, 0.1) is 9.39 Å². The summed E-state index contributed by atoms with van der Waals surface area (Å²) in [6.45, 7) is -0.774. The molecule has 0 unspecified atom stereocenters. The molecule has 0 saturated heterocycles. The van der Waals surface area contributed by atoms with Gasteiger partial charge in [-0.25, -0.2) is 14.9 Å². The zero-order chi connectivity index (χ0) is 21.2. The number of hydrogen-bond acceptors (Lipinski definition) is 5. The number of aliphatic hydroxyl groups is 1. The summed E-state index contributed by atoms with van der Waals surface area (Å²) in [6.07, 6.45) is -2.69. The van der Waals surface area contributed by atoms with Gasteiger partial charge >= 0.3 is 6.18 Å². The number of hydroxylamine groups is 1. The van der Waals surface area contributed by atoms with Crippen LogP contribution < -0.4 is 10.8 Å². The first-order valence-electron chi connectivity index (χ1n) is 8.04. The molecule has 0 saturated carbocycles. The summed E-state index contributed by atoms with van der Waals surface area (Å²) in [6, 6.07) is 5.16. The number of halogens is 5. The number of anilines is 2. The molecule has 2 heterocycles. The summed E-state index contributed by atoms with van der Waals surface area (Å²) in [4.78, 5) is 21.0. The van der Waals surface area contributed by atoms with E-state index >= 15 is 0 Å². The maximum absolute atomic E-state index is 14.3. The van der Waals surface area contributed by atoms with Gasteiger partial charge in [-0.15, -0.1) is 0 Å². The first-order chi connectivity index (χ1) is 13.7. The zero-order valence-electron chi connectivity index (χ0n) is 14.4. The number of nitrogens with one attached hydrogen (secondary N) is 2. The lowest BCUT2D eigenvalue weighted by atomic mass is 10.1. The molecule has 0 atom stereocenters. The standard InChI is InChI=1S/C17H13F4IN4O3/c18-10-7-9(22)1-2-11(10)24-15-13(16(28)25-29-6-5-27)14(17(19,20)21)12-3-4-23-8-26(12)15/h1-4,7-8,24,27H,5-6H2,(H,25,28). The zero-order valence-corrected chi connectivity index (χ0v) is 16.6. The molecule has 3 aromatic rings. The number of carbonyl (C=O) groups is 1. The molecule has 12 heteroatoms. The molecule has 0 fully saturated rings. The normalized spacial score (nSPS) is 11.7. The molecule has 0 aliphatic carbocycles. The number of alkyl halides is 3. The highest BCUT2D eigenvalue weighted by atomic mass is 127. The van der Waals surface area contributed by atoms with Crippen molar-refractivity contribution in [1.29, 1.82) is 0 Å². The average molecular weight is 524 g/mol. The molecule has 0 spiro atoms. The highest BCUT2D eigenvalue weighted by Crippen LogP contribution is 2.41. The predicted octanol–water partition coefficient (Wildman–Crippen LogP) is 3.49. The van der Waals surface area contributed by atoms with E-state index in [1.165, 1.54) is 12.1 Å². The van der Waals surface area contributed by atoms with Crippen molar-refractivity contribution in [3.63, 3.8) is 0 Å². The molecule has 3 rings (SSSR count). The maximum Gasteiger partial charge on any atom is 0.419 e. The van der Waals surface area contributed by atoms with Crippen LogP contribution in [-0.2, 0) is 11.0 Å². The Morgan fingerprint density at radius 3 is 2.72 bits per heavy atom. The number of hydrogen-bond donors (Lipinski definition) is 3. The Morgan fingerprint density at radius 2 is 2.07 bits per heavy atom. The van der Waals surface area contributed by atoms with E-state index in [-0.39, 0.29) is 23.6 Å². The smallest absolute Gasteiger partial charge is 0.394 e. The number of carbonyl (C=O) groups excluding carboxylic acids is 1. The molecular weight excluding hydrogens is 511 g/mol. The summed E-state index contributed by atoms with van der Waals surface area (Å²) >= 11 is 1.89. The maximum atomic E-state index is 14.3. The minimum absolute atomic E-state index is 0.132. The second-order valence-electron chi connectivity index (χ2n) is 5.68. The first-order valence-corrected chi connectivity index (χ1v) is 9.12. The molecule has 1 aromatic carbocycles. The van der Waals surface area contributed by atoms with Gasteiger partial charge in [0.25, 0.3) is 5.91 Å². The summed E-state index contributed by atoms with van der Waals surface area (Å²) < 4.78 is 57.3. The molecule has 0 bridgehead atoms. The Bertz CT molecular complexity index is 1060. The number of benzene rings is 1. The number of rotatable bonds is 6. The van der Waals surface area contributed by atoms with Crippen molar-refractivity contribution in [2.24, 2.45) is 0 Å². The largest absolute Gasteiger partial charge is 0.419 e. The third-order valence-electron chi connectivity index (χ3n) is 3.80. The van der Waals surface area contributed by atoms with Crippen LogP contribution in [0.2, 0.25) is 0 Å². The fourth-order valence-corrected chi connectivity index (χ4v) is 3.13. The van der Waals surface area contributed by atoms with Crippen molar-refractivity contribution in [2.75, 3.05) is 18.5 Å². The summed E-state index contributed by atoms with van der Waals surface area (Å²) in [5.74, 6) is -2.28. The van der Waals surface area contributed by atoms with Gasteiger partial charge in [-0.1, -0.05) is 0 Å². The van der Waals surface area contributed by atoms with Crippen LogP contribution >= 0.6 is 22.6 Å². The monoisotopic (exact) mass is 524 g/mol. The van der Waals surface area contributed by atoms with Gasteiger partial charge in [0.1, 0.15) is 18.0 Å². The van der Waals surface area contributed by atoms with Crippen LogP contribution in [0.1, 0.15) is 15.9 Å². The highest BCUT2D eigenvalue weighted by molar-refractivity contribution is 14.1. The van der Waals surface area contributed by atoms with Gasteiger partial charge in [0.15, 0.2) is 0 Å². The Labute approximate surface area is 174 Å². The van der Waals surface area contributed by atoms with Crippen LogP contribution in [0.4, 0.5) is 29.1 Å². The molecule has 7 nitrogen and oxygen atoms in total. The van der Waals surface area contributed by atoms with Crippen LogP contribution in [0.3, 0.4) is 0 Å². The van der Waals surface area contributed by atoms with Crippen LogP contribution in [-0.4, -0.2) is 33.6 Å². The van der Waals surface area contributed by atoms with Gasteiger partial charge in [-0.2, -0.15) is 13.2 Å². The van der Waals surface area contributed by atoms with E-state index in [9.17, 15) is 22.4 Å². The number of fused-ring (bicyclic) bond motifs is 1. The molecule has 29 heavy (non-hydrogen) atoms. The van der Waals surface area contributed by atoms with Crippen molar-refractivity contribution in [1.82, 2.24) is 14.9 Å². The number of aromatic nitrogens is 2. The minimum Gasteiger partial charge on any atom is -0.394 e. The quantitative estimate of drug-likeness (QED) is 0.199. The summed E-state index contributed by atoms with van der Waals surface area (Å²) in [5.41, 5.74) is -0.671. The van der Waals surface area contributed by atoms with Gasteiger partial charge in [0.05, 0.1) is 35.5 Å². The van der Waals surface area contributed by atoms with E-state index in [0.717, 1.165) is 23.0 Å². The van der Waals surface area contributed by atoms with Gasteiger partial charge < -0.3 is 10.4 Å². The molecule has 154 valence electrons. The van der Waals surface area contributed by atoms with Gasteiger partial charge in [-0.3, -0.25) is 14.0 Å². The van der Waals surface area contributed by atoms with Crippen molar-refractivity contribution in [3.05, 3.63) is 57.3 Å². The fraction of sp³-hybridized carbons (Fsp3) is 0.176. The van der Waals surface area contributed by atoms with Crippen molar-refractivity contribution >= 4 is 45.5 Å². The molecule has 0 aliphatic rings. The van der Waals surface area contributed by atoms with Crippen LogP contribution in [0.15, 0.2) is 36.8 Å². The SMILES string of the molecule is O=C(NOCCO)c1c(C(F)(F)F)c2ccncn2c1Nc1ccc(I)cc1F. The lowest BCUT2D eigenvalue weighted by molar-refractivity contribution is -0.136. The van der Waals surface area contributed by atoms with Crippen LogP contribution in [0.25, 0.3) is 5.52 Å². The molecule has 3 N–H and O–H groups in total. The minimum atomic E-state index is -4.90. The molecular formula is C17H13F4IN4O3. The summed E-state index contributed by atoms with van der Waals surface area (Å²) in [5, 5.41) is 11.3. The first kappa shape index (κ1) is 21.3. The third kappa shape index (κ3) is 4.43. The van der Waals surface area contributed by atoms with Crippen LogP contribution in [0.5, 0.6) is 0 Å². The molecule has 0 aliphatic heterocycles. The van der Waals surface area contributed by atoms with E-state index in [0.29, 0.717) is 3.57 Å². The second kappa shape index (κ2) is 8.51. The van der Waals surface area contributed by atoms with Gasteiger partial charge in [-0.05, 0) is 46.9 Å². The number of amides is 1. The van der Waals surface area contributed by atoms with E-state index in [4.69, 9.17) is 5.11 Å². The van der Waals surface area contributed by atoms with E-state index in [1.807, 2.05) is 28.1 Å². The van der Waals surface area contributed by atoms with Crippen molar-refractivity contribution < 1.29 is 32.3 Å². The topological polar surface area (TPSA) is 87.9 Å². The average Bonchev–Trinajstić information content (AvgIpc) is 2.99. The predicted molar refractivity (Wildman–Crippen MR) is 103 cm³/mol. The lowest BCUT2D eigenvalue weighted by Gasteiger charge is -2.12. The highest BCUT2D eigenvalue weighted by Gasteiger charge is 2.41. The molecule has 0 radical (unpaired) electrons. The lowest BCUT2D eigenvalue weighted by Crippen LogP contribution is -2.27.